The Kier molecular flexibility index (Phi) is 3.59. The van der Waals surface area contributed by atoms with Crippen molar-refractivity contribution < 1.29 is 4.74 Å². The summed E-state index contributed by atoms with van der Waals surface area (Å²) in [5.74, 6) is 1.61. The van der Waals surface area contributed by atoms with Gasteiger partial charge in [0.25, 0.3) is 0 Å². The van der Waals surface area contributed by atoms with Gasteiger partial charge in [-0.15, -0.1) is 0 Å². The summed E-state index contributed by atoms with van der Waals surface area (Å²) in [6.45, 7) is 2.05. The predicted molar refractivity (Wildman–Crippen MR) is 91.1 cm³/mol. The van der Waals surface area contributed by atoms with Crippen LogP contribution in [-0.2, 0) is 0 Å². The fourth-order valence-corrected chi connectivity index (χ4v) is 2.49. The molecule has 3 aromatic rings. The minimum Gasteiger partial charge on any atom is -0.457 e. The van der Waals surface area contributed by atoms with Crippen LogP contribution in [0.3, 0.4) is 0 Å². The lowest BCUT2D eigenvalue weighted by atomic mass is 10.0. The van der Waals surface area contributed by atoms with Crippen LogP contribution in [0.25, 0.3) is 10.8 Å². The molecule has 0 atom stereocenters. The number of hydrogen-bond donors (Lipinski definition) is 1. The molecule has 0 spiro atoms. The highest BCUT2D eigenvalue weighted by Crippen LogP contribution is 2.32. The van der Waals surface area contributed by atoms with Gasteiger partial charge in [0, 0.05) is 10.9 Å². The van der Waals surface area contributed by atoms with E-state index in [-0.39, 0.29) is 0 Å². The van der Waals surface area contributed by atoms with Crippen molar-refractivity contribution in [2.24, 2.45) is 5.73 Å². The van der Waals surface area contributed by atoms with Crippen LogP contribution in [0, 0.1) is 6.92 Å². The molecule has 3 heteroatoms. The van der Waals surface area contributed by atoms with Gasteiger partial charge in [0.15, 0.2) is 0 Å². The maximum absolute atomic E-state index is 6.00. The SMILES string of the molecule is Cc1ccc(Oc2ccc(C(N)=S)c3ccccc23)cc1. The predicted octanol–water partition coefficient (Wildman–Crippen LogP) is 4.57. The van der Waals surface area contributed by atoms with E-state index in [0.29, 0.717) is 4.99 Å². The van der Waals surface area contributed by atoms with Crippen molar-refractivity contribution in [2.75, 3.05) is 0 Å². The fraction of sp³-hybridized carbons (Fsp3) is 0.0556. The van der Waals surface area contributed by atoms with Crippen molar-refractivity contribution in [3.8, 4) is 11.5 Å². The molecule has 21 heavy (non-hydrogen) atoms. The average Bonchev–Trinajstić information content (AvgIpc) is 2.49. The Hall–Kier alpha value is -2.39. The highest BCUT2D eigenvalue weighted by Gasteiger charge is 2.09. The molecule has 0 saturated heterocycles. The number of rotatable bonds is 3. The third-order valence-corrected chi connectivity index (χ3v) is 3.62. The van der Waals surface area contributed by atoms with Gasteiger partial charge in [-0.1, -0.05) is 54.2 Å². The molecule has 0 saturated carbocycles. The summed E-state index contributed by atoms with van der Waals surface area (Å²) >= 11 is 5.11. The Morgan fingerprint density at radius 3 is 2.24 bits per heavy atom. The molecule has 0 fully saturated rings. The first-order valence-electron chi connectivity index (χ1n) is 6.71. The zero-order chi connectivity index (χ0) is 14.8. The lowest BCUT2D eigenvalue weighted by Gasteiger charge is -2.12. The molecule has 0 aliphatic rings. The van der Waals surface area contributed by atoms with Gasteiger partial charge in [0.05, 0.1) is 0 Å². The van der Waals surface area contributed by atoms with Gasteiger partial charge in [-0.2, -0.15) is 0 Å². The summed E-state index contributed by atoms with van der Waals surface area (Å²) in [7, 11) is 0. The van der Waals surface area contributed by atoms with Gasteiger partial charge in [-0.3, -0.25) is 0 Å². The van der Waals surface area contributed by atoms with Crippen LogP contribution in [0.2, 0.25) is 0 Å². The highest BCUT2D eigenvalue weighted by atomic mass is 32.1. The molecule has 0 radical (unpaired) electrons. The second-order valence-corrected chi connectivity index (χ2v) is 5.38. The van der Waals surface area contributed by atoms with E-state index in [1.165, 1.54) is 5.56 Å². The summed E-state index contributed by atoms with van der Waals surface area (Å²) in [4.78, 5) is 0.396. The van der Waals surface area contributed by atoms with Crippen LogP contribution < -0.4 is 10.5 Å². The molecule has 0 unspecified atom stereocenters. The number of ether oxygens (including phenoxy) is 1. The highest BCUT2D eigenvalue weighted by molar-refractivity contribution is 7.80. The largest absolute Gasteiger partial charge is 0.457 e. The van der Waals surface area contributed by atoms with Crippen LogP contribution in [0.5, 0.6) is 11.5 Å². The number of thiocarbonyl (C=S) groups is 1. The molecule has 2 N–H and O–H groups in total. The topological polar surface area (TPSA) is 35.2 Å². The summed E-state index contributed by atoms with van der Waals surface area (Å²) in [5.41, 5.74) is 7.87. The molecule has 0 aliphatic heterocycles. The van der Waals surface area contributed by atoms with Gasteiger partial charge in [-0.05, 0) is 36.6 Å². The number of aryl methyl sites for hydroxylation is 1. The molecule has 0 bridgehead atoms. The third-order valence-electron chi connectivity index (χ3n) is 3.40. The van der Waals surface area contributed by atoms with E-state index < -0.39 is 0 Å². The Labute approximate surface area is 129 Å². The van der Waals surface area contributed by atoms with Crippen molar-refractivity contribution in [3.63, 3.8) is 0 Å². The van der Waals surface area contributed by atoms with Crippen LogP contribution >= 0.6 is 12.2 Å². The van der Waals surface area contributed by atoms with Gasteiger partial charge in [-0.25, -0.2) is 0 Å². The summed E-state index contributed by atoms with van der Waals surface area (Å²) in [6.07, 6.45) is 0. The molecule has 0 amide bonds. The van der Waals surface area contributed by atoms with E-state index in [1.54, 1.807) is 0 Å². The second kappa shape index (κ2) is 5.54. The van der Waals surface area contributed by atoms with Crippen molar-refractivity contribution >= 4 is 28.0 Å². The lowest BCUT2D eigenvalue weighted by molar-refractivity contribution is 0.488. The van der Waals surface area contributed by atoms with E-state index in [9.17, 15) is 0 Å². The smallest absolute Gasteiger partial charge is 0.135 e. The number of hydrogen-bond acceptors (Lipinski definition) is 2. The zero-order valence-corrected chi connectivity index (χ0v) is 12.5. The molecule has 104 valence electrons. The minimum absolute atomic E-state index is 0.396. The Morgan fingerprint density at radius 2 is 1.57 bits per heavy atom. The standard InChI is InChI=1S/C18H15NOS/c1-12-6-8-13(9-7-12)20-17-11-10-16(18(19)21)14-4-2-3-5-15(14)17/h2-11H,1H3,(H2,19,21). The second-order valence-electron chi connectivity index (χ2n) is 4.94. The fourth-order valence-electron chi connectivity index (χ4n) is 2.31. The molecule has 3 aromatic carbocycles. The summed E-state index contributed by atoms with van der Waals surface area (Å²) in [5, 5.41) is 2.01. The maximum Gasteiger partial charge on any atom is 0.135 e. The van der Waals surface area contributed by atoms with E-state index in [1.807, 2.05) is 60.7 Å². The van der Waals surface area contributed by atoms with Gasteiger partial charge < -0.3 is 10.5 Å². The quantitative estimate of drug-likeness (QED) is 0.718. The number of nitrogens with two attached hydrogens (primary N) is 1. The van der Waals surface area contributed by atoms with E-state index in [4.69, 9.17) is 22.7 Å². The van der Waals surface area contributed by atoms with Gasteiger partial charge in [0.1, 0.15) is 16.5 Å². The third kappa shape index (κ3) is 2.73. The maximum atomic E-state index is 6.00. The lowest BCUT2D eigenvalue weighted by Crippen LogP contribution is -2.09. The van der Waals surface area contributed by atoms with Gasteiger partial charge >= 0.3 is 0 Å². The summed E-state index contributed by atoms with van der Waals surface area (Å²) in [6, 6.07) is 19.8. The van der Waals surface area contributed by atoms with Crippen molar-refractivity contribution in [1.82, 2.24) is 0 Å². The number of fused-ring (bicyclic) bond motifs is 1. The normalized spacial score (nSPS) is 10.5. The molecular weight excluding hydrogens is 278 g/mol. The van der Waals surface area contributed by atoms with E-state index >= 15 is 0 Å². The van der Waals surface area contributed by atoms with Crippen LogP contribution in [0.1, 0.15) is 11.1 Å². The van der Waals surface area contributed by atoms with Crippen molar-refractivity contribution in [2.45, 2.75) is 6.92 Å². The van der Waals surface area contributed by atoms with Crippen LogP contribution in [0.4, 0.5) is 0 Å². The Bertz CT molecular complexity index is 809. The van der Waals surface area contributed by atoms with Crippen LogP contribution in [-0.4, -0.2) is 4.99 Å². The minimum atomic E-state index is 0.396. The zero-order valence-electron chi connectivity index (χ0n) is 11.7. The summed E-state index contributed by atoms with van der Waals surface area (Å²) < 4.78 is 6.00. The molecular formula is C18H15NOS. The average molecular weight is 293 g/mol. The van der Waals surface area contributed by atoms with Crippen molar-refractivity contribution in [1.29, 1.82) is 0 Å². The Balaban J connectivity index is 2.09. The molecule has 0 aliphatic carbocycles. The van der Waals surface area contributed by atoms with Crippen molar-refractivity contribution in [3.05, 3.63) is 71.8 Å². The van der Waals surface area contributed by atoms with E-state index in [0.717, 1.165) is 27.8 Å². The first-order valence-corrected chi connectivity index (χ1v) is 7.12. The number of benzene rings is 3. The molecule has 3 rings (SSSR count). The monoisotopic (exact) mass is 293 g/mol. The first-order chi connectivity index (χ1) is 10.1. The molecule has 2 nitrogen and oxygen atoms in total. The van der Waals surface area contributed by atoms with E-state index in [2.05, 4.69) is 6.92 Å². The molecule has 0 aromatic heterocycles. The Morgan fingerprint density at radius 1 is 0.905 bits per heavy atom. The van der Waals surface area contributed by atoms with Crippen LogP contribution in [0.15, 0.2) is 60.7 Å². The van der Waals surface area contributed by atoms with Gasteiger partial charge in [0.2, 0.25) is 0 Å². The molecule has 0 heterocycles. The first kappa shape index (κ1) is 13.6.